The van der Waals surface area contributed by atoms with Crippen molar-refractivity contribution in [3.63, 3.8) is 0 Å². The molecule has 3 aromatic rings. The molecule has 1 aromatic heterocycles. The zero-order chi connectivity index (χ0) is 22.0. The fourth-order valence-electron chi connectivity index (χ4n) is 3.27. The molecule has 0 bridgehead atoms. The maximum absolute atomic E-state index is 13.1. The monoisotopic (exact) mass is 446 g/mol. The Morgan fingerprint density at radius 3 is 2.23 bits per heavy atom. The number of hydrogen-bond acceptors (Lipinski definition) is 6. The molecule has 1 saturated heterocycles. The van der Waals surface area contributed by atoms with Crippen LogP contribution in [0.4, 0.5) is 4.39 Å². The number of amides is 1. The Balaban J connectivity index is 1.40. The van der Waals surface area contributed by atoms with Crippen LogP contribution in [0.3, 0.4) is 0 Å². The number of sulfonamides is 1. The number of para-hydroxylation sites is 1. The average Bonchev–Trinajstić information content (AvgIpc) is 3.14. The van der Waals surface area contributed by atoms with Crippen LogP contribution in [0.15, 0.2) is 64.3 Å². The molecule has 1 fully saturated rings. The first-order valence-corrected chi connectivity index (χ1v) is 10.9. The molecule has 1 aliphatic heterocycles. The maximum Gasteiger partial charge on any atom is 0.368 e. The molecule has 31 heavy (non-hydrogen) atoms. The van der Waals surface area contributed by atoms with Gasteiger partial charge in [-0.2, -0.15) is 13.7 Å². The van der Waals surface area contributed by atoms with E-state index in [-0.39, 0.29) is 43.5 Å². The number of aromatic nitrogens is 4. The molecule has 12 heteroatoms. The molecule has 0 atom stereocenters. The van der Waals surface area contributed by atoms with E-state index in [4.69, 9.17) is 0 Å². The summed E-state index contributed by atoms with van der Waals surface area (Å²) >= 11 is 0. The summed E-state index contributed by atoms with van der Waals surface area (Å²) in [7, 11) is -3.77. The molecule has 2 aromatic carbocycles. The first-order chi connectivity index (χ1) is 14.9. The van der Waals surface area contributed by atoms with Crippen molar-refractivity contribution in [2.45, 2.75) is 11.4 Å². The van der Waals surface area contributed by atoms with Gasteiger partial charge < -0.3 is 4.90 Å². The van der Waals surface area contributed by atoms with Gasteiger partial charge in [-0.05, 0) is 46.8 Å². The standard InChI is InChI=1S/C19H19FN6O4S/c20-15-6-8-17(9-7-15)31(29,30)24-12-10-23(11-13-24)18(27)14-25-19(28)26(22-21-25)16-4-2-1-3-5-16/h1-9H,10-14H2. The van der Waals surface area contributed by atoms with Gasteiger partial charge in [-0.15, -0.1) is 0 Å². The van der Waals surface area contributed by atoms with E-state index in [1.807, 2.05) is 0 Å². The lowest BCUT2D eigenvalue weighted by molar-refractivity contribution is -0.133. The van der Waals surface area contributed by atoms with Crippen LogP contribution in [-0.4, -0.2) is 69.5 Å². The van der Waals surface area contributed by atoms with Crippen LogP contribution in [0.2, 0.25) is 0 Å². The normalized spacial score (nSPS) is 15.2. The molecule has 0 radical (unpaired) electrons. The van der Waals surface area contributed by atoms with E-state index in [0.717, 1.165) is 21.5 Å². The number of piperazine rings is 1. The number of carbonyl (C=O) groups excluding carboxylic acids is 1. The van der Waals surface area contributed by atoms with Crippen molar-refractivity contribution in [1.29, 1.82) is 0 Å². The number of tetrazole rings is 1. The number of rotatable bonds is 5. The summed E-state index contributed by atoms with van der Waals surface area (Å²) in [4.78, 5) is 26.6. The number of benzene rings is 2. The van der Waals surface area contributed by atoms with E-state index in [1.54, 1.807) is 30.3 Å². The van der Waals surface area contributed by atoms with Crippen molar-refractivity contribution in [2.75, 3.05) is 26.2 Å². The fourth-order valence-corrected chi connectivity index (χ4v) is 4.69. The van der Waals surface area contributed by atoms with Crippen LogP contribution >= 0.6 is 0 Å². The molecule has 0 N–H and O–H groups in total. The zero-order valence-electron chi connectivity index (χ0n) is 16.3. The van der Waals surface area contributed by atoms with E-state index in [2.05, 4.69) is 10.4 Å². The van der Waals surface area contributed by atoms with Gasteiger partial charge in [0.2, 0.25) is 15.9 Å². The van der Waals surface area contributed by atoms with Gasteiger partial charge in [-0.1, -0.05) is 18.2 Å². The largest absolute Gasteiger partial charge is 0.368 e. The Morgan fingerprint density at radius 2 is 1.58 bits per heavy atom. The van der Waals surface area contributed by atoms with Crippen LogP contribution in [0.25, 0.3) is 5.69 Å². The highest BCUT2D eigenvalue weighted by Gasteiger charge is 2.30. The second kappa shape index (κ2) is 8.40. The third-order valence-corrected chi connectivity index (χ3v) is 6.88. The zero-order valence-corrected chi connectivity index (χ0v) is 17.2. The highest BCUT2D eigenvalue weighted by molar-refractivity contribution is 7.89. The van der Waals surface area contributed by atoms with Crippen molar-refractivity contribution in [3.8, 4) is 5.69 Å². The summed E-state index contributed by atoms with van der Waals surface area (Å²) in [6.45, 7) is 0.228. The van der Waals surface area contributed by atoms with Gasteiger partial charge in [0.15, 0.2) is 0 Å². The third kappa shape index (κ3) is 4.25. The van der Waals surface area contributed by atoms with E-state index < -0.39 is 21.5 Å². The van der Waals surface area contributed by atoms with Crippen molar-refractivity contribution >= 4 is 15.9 Å². The molecule has 0 saturated carbocycles. The molecule has 1 aliphatic rings. The van der Waals surface area contributed by atoms with Gasteiger partial charge in [0.1, 0.15) is 12.4 Å². The van der Waals surface area contributed by atoms with Gasteiger partial charge in [-0.3, -0.25) is 4.79 Å². The fraction of sp³-hybridized carbons (Fsp3) is 0.263. The summed E-state index contributed by atoms with van der Waals surface area (Å²) in [5.41, 5.74) is -0.0112. The Hall–Kier alpha value is -3.38. The van der Waals surface area contributed by atoms with Gasteiger partial charge in [0, 0.05) is 26.2 Å². The van der Waals surface area contributed by atoms with Crippen molar-refractivity contribution < 1.29 is 17.6 Å². The highest BCUT2D eigenvalue weighted by Crippen LogP contribution is 2.18. The van der Waals surface area contributed by atoms with Gasteiger partial charge in [0.05, 0.1) is 10.6 Å². The number of hydrogen-bond donors (Lipinski definition) is 0. The topological polar surface area (TPSA) is 110 Å². The summed E-state index contributed by atoms with van der Waals surface area (Å²) in [6, 6.07) is 13.3. The van der Waals surface area contributed by atoms with E-state index in [0.29, 0.717) is 5.69 Å². The Bertz CT molecular complexity index is 1230. The highest BCUT2D eigenvalue weighted by atomic mass is 32.2. The van der Waals surface area contributed by atoms with Gasteiger partial charge in [0.25, 0.3) is 0 Å². The third-order valence-electron chi connectivity index (χ3n) is 4.97. The van der Waals surface area contributed by atoms with E-state index in [1.165, 1.54) is 21.3 Å². The molecule has 0 aliphatic carbocycles. The summed E-state index contributed by atoms with van der Waals surface area (Å²) in [5, 5.41) is 7.56. The molecule has 2 heterocycles. The molecule has 4 rings (SSSR count). The smallest absolute Gasteiger partial charge is 0.338 e. The van der Waals surface area contributed by atoms with Crippen molar-refractivity contribution in [3.05, 3.63) is 70.9 Å². The lowest BCUT2D eigenvalue weighted by Crippen LogP contribution is -2.51. The molecule has 162 valence electrons. The number of carbonyl (C=O) groups is 1. The first-order valence-electron chi connectivity index (χ1n) is 9.48. The first kappa shape index (κ1) is 20.9. The molecular weight excluding hydrogens is 427 g/mol. The van der Waals surface area contributed by atoms with Gasteiger partial charge in [-0.25, -0.2) is 17.6 Å². The molecular formula is C19H19FN6O4S. The Kier molecular flexibility index (Phi) is 5.65. The second-order valence-corrected chi connectivity index (χ2v) is 8.84. The van der Waals surface area contributed by atoms with E-state index in [9.17, 15) is 22.4 Å². The van der Waals surface area contributed by atoms with Crippen LogP contribution in [0.1, 0.15) is 0 Å². The van der Waals surface area contributed by atoms with Crippen LogP contribution < -0.4 is 5.69 Å². The summed E-state index contributed by atoms with van der Waals surface area (Å²) in [6.07, 6.45) is 0. The summed E-state index contributed by atoms with van der Waals surface area (Å²) < 4.78 is 41.8. The lowest BCUT2D eigenvalue weighted by Gasteiger charge is -2.33. The Morgan fingerprint density at radius 1 is 0.935 bits per heavy atom. The molecule has 10 nitrogen and oxygen atoms in total. The molecule has 0 unspecified atom stereocenters. The average molecular weight is 446 g/mol. The lowest BCUT2D eigenvalue weighted by atomic mass is 10.3. The predicted octanol–water partition coefficient (Wildman–Crippen LogP) is 0.101. The Labute approximate surface area is 177 Å². The van der Waals surface area contributed by atoms with Crippen LogP contribution in [0, 0.1) is 5.82 Å². The van der Waals surface area contributed by atoms with Crippen LogP contribution in [0.5, 0.6) is 0 Å². The quantitative estimate of drug-likeness (QED) is 0.550. The van der Waals surface area contributed by atoms with Crippen LogP contribution in [-0.2, 0) is 21.4 Å². The minimum Gasteiger partial charge on any atom is -0.338 e. The number of nitrogens with zero attached hydrogens (tertiary/aromatic N) is 6. The van der Waals surface area contributed by atoms with Crippen molar-refractivity contribution in [1.82, 2.24) is 29.0 Å². The SMILES string of the molecule is O=C(Cn1nnn(-c2ccccc2)c1=O)N1CCN(S(=O)(=O)c2ccc(F)cc2)CC1. The van der Waals surface area contributed by atoms with Gasteiger partial charge >= 0.3 is 5.69 Å². The minimum absolute atomic E-state index is 0.00208. The van der Waals surface area contributed by atoms with Crippen molar-refractivity contribution in [2.24, 2.45) is 0 Å². The second-order valence-electron chi connectivity index (χ2n) is 6.91. The predicted molar refractivity (Wildman–Crippen MR) is 107 cm³/mol. The number of halogens is 1. The molecule has 0 spiro atoms. The minimum atomic E-state index is -3.77. The summed E-state index contributed by atoms with van der Waals surface area (Å²) in [5.74, 6) is -0.880. The molecule has 1 amide bonds. The maximum atomic E-state index is 13.1. The van der Waals surface area contributed by atoms with E-state index >= 15 is 0 Å².